The highest BCUT2D eigenvalue weighted by molar-refractivity contribution is 9.10. The maximum Gasteiger partial charge on any atom is 0.144 e. The zero-order valence-electron chi connectivity index (χ0n) is 8.77. The van der Waals surface area contributed by atoms with Gasteiger partial charge >= 0.3 is 0 Å². The number of hydrogen-bond acceptors (Lipinski definition) is 2. The molecule has 0 bridgehead atoms. The van der Waals surface area contributed by atoms with Gasteiger partial charge in [0.05, 0.1) is 4.47 Å². The topological polar surface area (TPSA) is 15.3 Å². The third kappa shape index (κ3) is 2.59. The van der Waals surface area contributed by atoms with Crippen molar-refractivity contribution in [2.75, 3.05) is 26.2 Å². The summed E-state index contributed by atoms with van der Waals surface area (Å²) >= 11 is 3.07. The Bertz CT molecular complexity index is 378. The Morgan fingerprint density at radius 3 is 2.62 bits per heavy atom. The normalized spacial score (nSPS) is 17.7. The van der Waals surface area contributed by atoms with Crippen LogP contribution in [0.3, 0.4) is 0 Å². The highest BCUT2D eigenvalue weighted by atomic mass is 79.9. The first-order valence-corrected chi connectivity index (χ1v) is 6.03. The average Bonchev–Trinajstić information content (AvgIpc) is 2.31. The van der Waals surface area contributed by atoms with Gasteiger partial charge in [0.1, 0.15) is 11.6 Å². The second-order valence-electron chi connectivity index (χ2n) is 3.85. The fourth-order valence-electron chi connectivity index (χ4n) is 1.81. The lowest BCUT2D eigenvalue weighted by molar-refractivity contribution is 0.227. The van der Waals surface area contributed by atoms with E-state index in [0.717, 1.165) is 26.2 Å². The lowest BCUT2D eigenvalue weighted by Gasteiger charge is -2.27. The molecule has 0 atom stereocenters. The van der Waals surface area contributed by atoms with E-state index in [-0.39, 0.29) is 5.56 Å². The van der Waals surface area contributed by atoms with Crippen LogP contribution in [0, 0.1) is 11.6 Å². The lowest BCUT2D eigenvalue weighted by Crippen LogP contribution is -2.43. The Balaban J connectivity index is 2.16. The first-order valence-electron chi connectivity index (χ1n) is 5.24. The number of piperazine rings is 1. The Labute approximate surface area is 102 Å². The lowest BCUT2D eigenvalue weighted by atomic mass is 10.1. The van der Waals surface area contributed by atoms with Crippen molar-refractivity contribution in [1.82, 2.24) is 10.2 Å². The van der Waals surface area contributed by atoms with Crippen molar-refractivity contribution in [3.63, 3.8) is 0 Å². The molecule has 0 aliphatic carbocycles. The summed E-state index contributed by atoms with van der Waals surface area (Å²) in [5, 5.41) is 3.20. The van der Waals surface area contributed by atoms with Gasteiger partial charge in [-0.25, -0.2) is 8.78 Å². The summed E-state index contributed by atoms with van der Waals surface area (Å²) in [6, 6.07) is 2.69. The number of nitrogens with one attached hydrogen (secondary N) is 1. The minimum Gasteiger partial charge on any atom is -0.314 e. The van der Waals surface area contributed by atoms with Crippen LogP contribution in [0.15, 0.2) is 16.6 Å². The summed E-state index contributed by atoms with van der Waals surface area (Å²) in [5.41, 5.74) is 0.149. The summed E-state index contributed by atoms with van der Waals surface area (Å²) in [6.07, 6.45) is 0. The van der Waals surface area contributed by atoms with E-state index in [1.807, 2.05) is 4.90 Å². The van der Waals surface area contributed by atoms with Crippen LogP contribution >= 0.6 is 15.9 Å². The Hall–Kier alpha value is -0.520. The van der Waals surface area contributed by atoms with Crippen molar-refractivity contribution in [3.8, 4) is 0 Å². The SMILES string of the molecule is Fc1ccc(Br)c(F)c1CN1CCNCC1. The maximum atomic E-state index is 13.7. The van der Waals surface area contributed by atoms with E-state index in [2.05, 4.69) is 21.2 Å². The quantitative estimate of drug-likeness (QED) is 0.840. The van der Waals surface area contributed by atoms with Crippen LogP contribution in [0.25, 0.3) is 0 Å². The van der Waals surface area contributed by atoms with Gasteiger partial charge in [0, 0.05) is 38.3 Å². The van der Waals surface area contributed by atoms with E-state index in [4.69, 9.17) is 0 Å². The molecule has 88 valence electrons. The molecule has 1 aromatic carbocycles. The Morgan fingerprint density at radius 2 is 1.94 bits per heavy atom. The van der Waals surface area contributed by atoms with Gasteiger partial charge in [-0.1, -0.05) is 0 Å². The third-order valence-electron chi connectivity index (χ3n) is 2.73. The first kappa shape index (κ1) is 12.0. The fraction of sp³-hybridized carbons (Fsp3) is 0.455. The third-order valence-corrected chi connectivity index (χ3v) is 3.34. The summed E-state index contributed by atoms with van der Waals surface area (Å²) in [6.45, 7) is 3.73. The van der Waals surface area contributed by atoms with E-state index < -0.39 is 11.6 Å². The minimum atomic E-state index is -0.487. The maximum absolute atomic E-state index is 13.7. The largest absolute Gasteiger partial charge is 0.314 e. The molecule has 1 saturated heterocycles. The van der Waals surface area contributed by atoms with Gasteiger partial charge in [-0.3, -0.25) is 4.90 Å². The van der Waals surface area contributed by atoms with Crippen molar-refractivity contribution in [3.05, 3.63) is 33.8 Å². The molecule has 5 heteroatoms. The zero-order valence-corrected chi connectivity index (χ0v) is 10.4. The number of halogens is 3. The minimum absolute atomic E-state index is 0.149. The molecule has 2 rings (SSSR count). The Morgan fingerprint density at radius 1 is 1.25 bits per heavy atom. The van der Waals surface area contributed by atoms with Crippen LogP contribution in [-0.2, 0) is 6.54 Å². The molecule has 1 aromatic rings. The van der Waals surface area contributed by atoms with E-state index >= 15 is 0 Å². The van der Waals surface area contributed by atoms with Crippen LogP contribution in [0.1, 0.15) is 5.56 Å². The molecule has 0 unspecified atom stereocenters. The molecule has 0 spiro atoms. The second kappa shape index (κ2) is 5.21. The molecule has 0 amide bonds. The van der Waals surface area contributed by atoms with Gasteiger partial charge < -0.3 is 5.32 Å². The van der Waals surface area contributed by atoms with Crippen LogP contribution in [0.4, 0.5) is 8.78 Å². The van der Waals surface area contributed by atoms with Gasteiger partial charge in [0.15, 0.2) is 0 Å². The Kier molecular flexibility index (Phi) is 3.89. The van der Waals surface area contributed by atoms with Gasteiger partial charge in [-0.05, 0) is 28.1 Å². The number of nitrogens with zero attached hydrogens (tertiary/aromatic N) is 1. The molecule has 1 aliphatic heterocycles. The zero-order chi connectivity index (χ0) is 11.5. The molecule has 0 aromatic heterocycles. The molecule has 1 N–H and O–H groups in total. The molecule has 0 saturated carbocycles. The number of rotatable bonds is 2. The van der Waals surface area contributed by atoms with E-state index in [1.54, 1.807) is 0 Å². The fourth-order valence-corrected chi connectivity index (χ4v) is 2.18. The van der Waals surface area contributed by atoms with Crippen LogP contribution in [0.2, 0.25) is 0 Å². The summed E-state index contributed by atoms with van der Waals surface area (Å²) in [5.74, 6) is -0.960. The van der Waals surface area contributed by atoms with Crippen LogP contribution < -0.4 is 5.32 Å². The molecular weight excluding hydrogens is 278 g/mol. The van der Waals surface area contributed by atoms with E-state index in [9.17, 15) is 8.78 Å². The molecule has 1 fully saturated rings. The van der Waals surface area contributed by atoms with Gasteiger partial charge in [0.25, 0.3) is 0 Å². The van der Waals surface area contributed by atoms with E-state index in [1.165, 1.54) is 12.1 Å². The predicted molar refractivity (Wildman–Crippen MR) is 62.2 cm³/mol. The van der Waals surface area contributed by atoms with Crippen molar-refractivity contribution in [1.29, 1.82) is 0 Å². The van der Waals surface area contributed by atoms with Crippen molar-refractivity contribution in [2.45, 2.75) is 6.54 Å². The summed E-state index contributed by atoms with van der Waals surface area (Å²) < 4.78 is 27.5. The van der Waals surface area contributed by atoms with Gasteiger partial charge in [-0.15, -0.1) is 0 Å². The average molecular weight is 291 g/mol. The number of benzene rings is 1. The second-order valence-corrected chi connectivity index (χ2v) is 4.70. The summed E-state index contributed by atoms with van der Waals surface area (Å²) in [4.78, 5) is 2.05. The van der Waals surface area contributed by atoms with E-state index in [0.29, 0.717) is 11.0 Å². The molecule has 0 radical (unpaired) electrons. The predicted octanol–water partition coefficient (Wildman–Crippen LogP) is 2.13. The summed E-state index contributed by atoms with van der Waals surface area (Å²) in [7, 11) is 0. The van der Waals surface area contributed by atoms with Gasteiger partial charge in [0.2, 0.25) is 0 Å². The molecular formula is C11H13BrF2N2. The van der Waals surface area contributed by atoms with Crippen LogP contribution in [-0.4, -0.2) is 31.1 Å². The molecule has 1 aliphatic rings. The number of hydrogen-bond donors (Lipinski definition) is 1. The smallest absolute Gasteiger partial charge is 0.144 e. The monoisotopic (exact) mass is 290 g/mol. The molecule has 2 nitrogen and oxygen atoms in total. The standard InChI is InChI=1S/C11H13BrF2N2/c12-9-1-2-10(13)8(11(9)14)7-16-5-3-15-4-6-16/h1-2,15H,3-7H2. The molecule has 1 heterocycles. The molecule has 16 heavy (non-hydrogen) atoms. The van der Waals surface area contributed by atoms with Gasteiger partial charge in [-0.2, -0.15) is 0 Å². The van der Waals surface area contributed by atoms with Crippen LogP contribution in [0.5, 0.6) is 0 Å². The van der Waals surface area contributed by atoms with Crippen molar-refractivity contribution in [2.24, 2.45) is 0 Å². The highest BCUT2D eigenvalue weighted by Gasteiger charge is 2.17. The van der Waals surface area contributed by atoms with Crippen molar-refractivity contribution >= 4 is 15.9 Å². The van der Waals surface area contributed by atoms with Crippen molar-refractivity contribution < 1.29 is 8.78 Å². The highest BCUT2D eigenvalue weighted by Crippen LogP contribution is 2.22. The first-order chi connectivity index (χ1) is 7.68.